The molecule has 0 saturated heterocycles. The molecule has 1 nitrogen and oxygen atoms in total. The number of hydrogen-bond donors (Lipinski definition) is 0. The summed E-state index contributed by atoms with van der Waals surface area (Å²) in [5.74, 6) is 0. The summed E-state index contributed by atoms with van der Waals surface area (Å²) in [6.07, 6.45) is 2.49. The van der Waals surface area contributed by atoms with Crippen LogP contribution < -0.4 is 0 Å². The van der Waals surface area contributed by atoms with Gasteiger partial charge in [0.15, 0.2) is 8.32 Å². The molecule has 0 rings (SSSR count). The zero-order valence-corrected chi connectivity index (χ0v) is 11.7. The monoisotopic (exact) mass is 300 g/mol. The average Bonchev–Trinajstić information content (AvgIpc) is 2.11. The quantitative estimate of drug-likeness (QED) is 0.394. The van der Waals surface area contributed by atoms with Gasteiger partial charge in [0, 0.05) is 6.61 Å². The molecule has 0 bridgehead atoms. The van der Waals surface area contributed by atoms with Gasteiger partial charge in [-0.25, -0.2) is 0 Å². The van der Waals surface area contributed by atoms with Crippen molar-refractivity contribution in [2.45, 2.75) is 45.3 Å². The Morgan fingerprint density at radius 3 is 2.42 bits per heavy atom. The molecule has 74 valence electrons. The standard InChI is InChI=1S/C9H21IOSi/c1-4-8-11-12(3,5-2)9-6-7-10/h4-9H2,1-3H3. The van der Waals surface area contributed by atoms with Gasteiger partial charge in [0.25, 0.3) is 0 Å². The summed E-state index contributed by atoms with van der Waals surface area (Å²) in [5, 5.41) is 0. The molecule has 0 N–H and O–H groups in total. The van der Waals surface area contributed by atoms with Crippen LogP contribution >= 0.6 is 22.6 Å². The Labute approximate surface area is 91.5 Å². The van der Waals surface area contributed by atoms with Crippen LogP contribution in [0.3, 0.4) is 0 Å². The first kappa shape index (κ1) is 12.9. The number of hydrogen-bond acceptors (Lipinski definition) is 1. The molecule has 0 spiro atoms. The van der Waals surface area contributed by atoms with Crippen molar-refractivity contribution in [3.8, 4) is 0 Å². The molecule has 0 saturated carbocycles. The van der Waals surface area contributed by atoms with E-state index in [2.05, 4.69) is 43.0 Å². The molecular formula is C9H21IOSi. The minimum absolute atomic E-state index is 0.970. The molecule has 3 heteroatoms. The third kappa shape index (κ3) is 5.53. The first-order valence-electron chi connectivity index (χ1n) is 4.88. The van der Waals surface area contributed by atoms with Crippen LogP contribution in [-0.2, 0) is 4.43 Å². The summed E-state index contributed by atoms with van der Waals surface area (Å²) in [6.45, 7) is 7.80. The first-order valence-corrected chi connectivity index (χ1v) is 9.23. The molecule has 0 amide bonds. The van der Waals surface area contributed by atoms with Gasteiger partial charge in [-0.05, 0) is 35.9 Å². The minimum atomic E-state index is -1.27. The van der Waals surface area contributed by atoms with Crippen molar-refractivity contribution >= 4 is 30.9 Å². The second kappa shape index (κ2) is 7.32. The third-order valence-electron chi connectivity index (χ3n) is 2.24. The molecule has 0 aromatic carbocycles. The van der Waals surface area contributed by atoms with Crippen LogP contribution in [0.1, 0.15) is 26.7 Å². The largest absolute Gasteiger partial charge is 0.417 e. The van der Waals surface area contributed by atoms with Crippen molar-refractivity contribution in [1.82, 2.24) is 0 Å². The van der Waals surface area contributed by atoms with Crippen LogP contribution in [0.4, 0.5) is 0 Å². The highest BCUT2D eigenvalue weighted by Crippen LogP contribution is 2.19. The van der Waals surface area contributed by atoms with Crippen LogP contribution in [0.25, 0.3) is 0 Å². The SMILES string of the molecule is CCCO[Si](C)(CC)CCCI. The van der Waals surface area contributed by atoms with E-state index in [0.717, 1.165) is 13.0 Å². The smallest absolute Gasteiger partial charge is 0.189 e. The zero-order valence-electron chi connectivity index (χ0n) is 8.53. The Morgan fingerprint density at radius 2 is 2.00 bits per heavy atom. The van der Waals surface area contributed by atoms with Gasteiger partial charge in [-0.3, -0.25) is 0 Å². The fourth-order valence-corrected chi connectivity index (χ4v) is 4.56. The lowest BCUT2D eigenvalue weighted by Crippen LogP contribution is -2.33. The molecule has 0 aromatic rings. The molecular weight excluding hydrogens is 279 g/mol. The van der Waals surface area contributed by atoms with Crippen LogP contribution in [0.2, 0.25) is 18.6 Å². The fourth-order valence-electron chi connectivity index (χ4n) is 1.14. The maximum absolute atomic E-state index is 5.97. The van der Waals surface area contributed by atoms with Crippen molar-refractivity contribution < 1.29 is 4.43 Å². The van der Waals surface area contributed by atoms with Crippen LogP contribution in [0, 0.1) is 0 Å². The Bertz CT molecular complexity index is 101. The topological polar surface area (TPSA) is 9.23 Å². The summed E-state index contributed by atoms with van der Waals surface area (Å²) >= 11 is 2.45. The maximum atomic E-state index is 5.97. The summed E-state index contributed by atoms with van der Waals surface area (Å²) in [4.78, 5) is 0. The van der Waals surface area contributed by atoms with Crippen molar-refractivity contribution in [3.05, 3.63) is 0 Å². The molecule has 0 heterocycles. The second-order valence-corrected chi connectivity index (χ2v) is 8.92. The number of halogens is 1. The molecule has 0 fully saturated rings. The lowest BCUT2D eigenvalue weighted by Gasteiger charge is -2.25. The van der Waals surface area contributed by atoms with Gasteiger partial charge in [0.1, 0.15) is 0 Å². The Hall–Kier alpha value is 0.907. The lowest BCUT2D eigenvalue weighted by atomic mass is 10.5. The predicted octanol–water partition coefficient (Wildman–Crippen LogP) is 3.83. The van der Waals surface area contributed by atoms with E-state index in [0.29, 0.717) is 0 Å². The number of rotatable bonds is 7. The van der Waals surface area contributed by atoms with E-state index >= 15 is 0 Å². The fraction of sp³-hybridized carbons (Fsp3) is 1.00. The van der Waals surface area contributed by atoms with Crippen molar-refractivity contribution in [2.75, 3.05) is 11.0 Å². The number of alkyl halides is 1. The molecule has 1 unspecified atom stereocenters. The lowest BCUT2D eigenvalue weighted by molar-refractivity contribution is 0.302. The Balaban J connectivity index is 3.70. The highest BCUT2D eigenvalue weighted by atomic mass is 127. The maximum Gasteiger partial charge on any atom is 0.189 e. The van der Waals surface area contributed by atoms with Gasteiger partial charge in [0.05, 0.1) is 0 Å². The van der Waals surface area contributed by atoms with Gasteiger partial charge in [-0.1, -0.05) is 36.4 Å². The van der Waals surface area contributed by atoms with Gasteiger partial charge in [-0.2, -0.15) is 0 Å². The Morgan fingerprint density at radius 1 is 1.33 bits per heavy atom. The summed E-state index contributed by atoms with van der Waals surface area (Å²) in [6, 6.07) is 2.61. The van der Waals surface area contributed by atoms with Gasteiger partial charge in [-0.15, -0.1) is 0 Å². The van der Waals surface area contributed by atoms with Crippen LogP contribution in [0.15, 0.2) is 0 Å². The summed E-state index contributed by atoms with van der Waals surface area (Å²) < 4.78 is 7.24. The van der Waals surface area contributed by atoms with E-state index < -0.39 is 8.32 Å². The minimum Gasteiger partial charge on any atom is -0.417 e. The highest BCUT2D eigenvalue weighted by molar-refractivity contribution is 14.1. The average molecular weight is 300 g/mol. The molecule has 0 aliphatic rings. The molecule has 12 heavy (non-hydrogen) atoms. The van der Waals surface area contributed by atoms with Gasteiger partial charge >= 0.3 is 0 Å². The van der Waals surface area contributed by atoms with E-state index in [1.54, 1.807) is 0 Å². The molecule has 0 aliphatic carbocycles. The molecule has 0 radical (unpaired) electrons. The van der Waals surface area contributed by atoms with E-state index in [9.17, 15) is 0 Å². The van der Waals surface area contributed by atoms with Crippen molar-refractivity contribution in [2.24, 2.45) is 0 Å². The summed E-state index contributed by atoms with van der Waals surface area (Å²) in [5.41, 5.74) is 0. The van der Waals surface area contributed by atoms with Gasteiger partial charge < -0.3 is 4.43 Å². The van der Waals surface area contributed by atoms with Crippen molar-refractivity contribution in [1.29, 1.82) is 0 Å². The summed E-state index contributed by atoms with van der Waals surface area (Å²) in [7, 11) is -1.27. The van der Waals surface area contributed by atoms with Gasteiger partial charge in [0.2, 0.25) is 0 Å². The van der Waals surface area contributed by atoms with E-state index in [-0.39, 0.29) is 0 Å². The van der Waals surface area contributed by atoms with Crippen LogP contribution in [-0.4, -0.2) is 19.4 Å². The Kier molecular flexibility index (Phi) is 7.88. The first-order chi connectivity index (χ1) is 5.68. The van der Waals surface area contributed by atoms with Crippen molar-refractivity contribution in [3.63, 3.8) is 0 Å². The van der Waals surface area contributed by atoms with E-state index in [1.807, 2.05) is 0 Å². The predicted molar refractivity (Wildman–Crippen MR) is 66.7 cm³/mol. The third-order valence-corrected chi connectivity index (χ3v) is 6.81. The zero-order chi connectivity index (χ0) is 9.45. The van der Waals surface area contributed by atoms with Crippen LogP contribution in [0.5, 0.6) is 0 Å². The molecule has 0 aromatic heterocycles. The van der Waals surface area contributed by atoms with E-state index in [1.165, 1.54) is 22.9 Å². The molecule has 0 aliphatic heterocycles. The second-order valence-electron chi connectivity index (χ2n) is 3.44. The van der Waals surface area contributed by atoms with E-state index in [4.69, 9.17) is 4.43 Å². The highest BCUT2D eigenvalue weighted by Gasteiger charge is 2.25. The molecule has 1 atom stereocenters. The normalized spacial score (nSPS) is 16.0.